The summed E-state index contributed by atoms with van der Waals surface area (Å²) >= 11 is 11.6. The number of hydrogen-bond acceptors (Lipinski definition) is 4. The predicted octanol–water partition coefficient (Wildman–Crippen LogP) is 3.73. The number of rotatable bonds is 3. The number of nitro groups is 1. The molecule has 18 heavy (non-hydrogen) atoms. The minimum absolute atomic E-state index is 0.133. The van der Waals surface area contributed by atoms with Gasteiger partial charge in [0, 0.05) is 10.6 Å². The van der Waals surface area contributed by atoms with Crippen LogP contribution >= 0.6 is 23.2 Å². The highest BCUT2D eigenvalue weighted by Gasteiger charge is 2.20. The van der Waals surface area contributed by atoms with Gasteiger partial charge in [0.25, 0.3) is 0 Å². The fourth-order valence-corrected chi connectivity index (χ4v) is 1.73. The fraction of sp³-hybridized carbons (Fsp3) is 0. The van der Waals surface area contributed by atoms with Gasteiger partial charge >= 0.3 is 5.88 Å². The molecular weight excluding hydrogens is 281 g/mol. The van der Waals surface area contributed by atoms with Gasteiger partial charge in [0.2, 0.25) is 5.78 Å². The summed E-state index contributed by atoms with van der Waals surface area (Å²) in [6.45, 7) is 0. The minimum atomic E-state index is -0.726. The van der Waals surface area contributed by atoms with Crippen LogP contribution in [0.2, 0.25) is 10.0 Å². The van der Waals surface area contributed by atoms with Crippen LogP contribution in [0.5, 0.6) is 0 Å². The van der Waals surface area contributed by atoms with Crippen molar-refractivity contribution in [3.05, 3.63) is 61.8 Å². The molecule has 0 bridgehead atoms. The van der Waals surface area contributed by atoms with Crippen LogP contribution in [0.25, 0.3) is 0 Å². The zero-order valence-corrected chi connectivity index (χ0v) is 10.2. The molecule has 0 unspecified atom stereocenters. The molecule has 0 aliphatic heterocycles. The standard InChI is InChI=1S/C11H5Cl2NO4/c12-6-1-2-8(13)7(5-6)11(15)9-3-4-10(18-9)14(16)17/h1-5H. The Morgan fingerprint density at radius 2 is 1.94 bits per heavy atom. The van der Waals surface area contributed by atoms with Crippen LogP contribution in [0, 0.1) is 10.1 Å². The van der Waals surface area contributed by atoms with Crippen LogP contribution in [0.1, 0.15) is 16.1 Å². The molecule has 2 aromatic rings. The number of benzene rings is 1. The van der Waals surface area contributed by atoms with E-state index in [4.69, 9.17) is 27.6 Å². The number of ketones is 1. The van der Waals surface area contributed by atoms with Gasteiger partial charge in [-0.1, -0.05) is 23.2 Å². The lowest BCUT2D eigenvalue weighted by Gasteiger charge is -2.01. The maximum Gasteiger partial charge on any atom is 0.433 e. The lowest BCUT2D eigenvalue weighted by atomic mass is 10.1. The first-order chi connectivity index (χ1) is 8.49. The third-order valence-electron chi connectivity index (χ3n) is 2.17. The van der Waals surface area contributed by atoms with Gasteiger partial charge in [0.05, 0.1) is 11.1 Å². The highest BCUT2D eigenvalue weighted by Crippen LogP contribution is 2.25. The Morgan fingerprint density at radius 1 is 1.22 bits per heavy atom. The molecule has 0 fully saturated rings. The van der Waals surface area contributed by atoms with Gasteiger partial charge in [0.15, 0.2) is 5.76 Å². The van der Waals surface area contributed by atoms with E-state index < -0.39 is 16.6 Å². The largest absolute Gasteiger partial charge is 0.433 e. The number of nitrogens with zero attached hydrogens (tertiary/aromatic N) is 1. The number of carbonyl (C=O) groups is 1. The topological polar surface area (TPSA) is 73.3 Å². The molecule has 1 heterocycles. The zero-order chi connectivity index (χ0) is 13.3. The molecule has 0 aliphatic rings. The Kier molecular flexibility index (Phi) is 3.36. The Labute approximate surface area is 111 Å². The van der Waals surface area contributed by atoms with Crippen molar-refractivity contribution < 1.29 is 14.1 Å². The molecule has 0 atom stereocenters. The lowest BCUT2D eigenvalue weighted by Crippen LogP contribution is -2.00. The second-order valence-corrected chi connectivity index (χ2v) is 4.19. The molecule has 7 heteroatoms. The smallest absolute Gasteiger partial charge is 0.397 e. The third kappa shape index (κ3) is 2.37. The van der Waals surface area contributed by atoms with Gasteiger partial charge in [-0.2, -0.15) is 0 Å². The van der Waals surface area contributed by atoms with Crippen LogP contribution in [0.15, 0.2) is 34.7 Å². The summed E-state index contributed by atoms with van der Waals surface area (Å²) < 4.78 is 4.81. The van der Waals surface area contributed by atoms with E-state index in [-0.39, 0.29) is 16.3 Å². The molecule has 92 valence electrons. The monoisotopic (exact) mass is 285 g/mol. The first-order valence-corrected chi connectivity index (χ1v) is 5.48. The predicted molar refractivity (Wildman–Crippen MR) is 65.3 cm³/mol. The summed E-state index contributed by atoms with van der Waals surface area (Å²) in [6.07, 6.45) is 0. The summed E-state index contributed by atoms with van der Waals surface area (Å²) in [7, 11) is 0. The van der Waals surface area contributed by atoms with E-state index in [1.165, 1.54) is 24.3 Å². The molecule has 2 rings (SSSR count). The molecule has 0 amide bonds. The normalized spacial score (nSPS) is 10.3. The second-order valence-electron chi connectivity index (χ2n) is 3.35. The average Bonchev–Trinajstić information content (AvgIpc) is 2.81. The van der Waals surface area contributed by atoms with E-state index in [1.54, 1.807) is 0 Å². The molecule has 1 aromatic carbocycles. The van der Waals surface area contributed by atoms with Crippen LogP contribution in [-0.2, 0) is 0 Å². The minimum Gasteiger partial charge on any atom is -0.397 e. The Hall–Kier alpha value is -1.85. The Balaban J connectivity index is 2.41. The van der Waals surface area contributed by atoms with Crippen molar-refractivity contribution in [1.82, 2.24) is 0 Å². The van der Waals surface area contributed by atoms with Gasteiger partial charge in [-0.15, -0.1) is 0 Å². The molecule has 0 radical (unpaired) electrons. The SMILES string of the molecule is O=C(c1ccc([N+](=O)[O-])o1)c1cc(Cl)ccc1Cl. The maximum absolute atomic E-state index is 12.0. The Morgan fingerprint density at radius 3 is 2.56 bits per heavy atom. The molecule has 5 nitrogen and oxygen atoms in total. The lowest BCUT2D eigenvalue weighted by molar-refractivity contribution is -0.402. The fourth-order valence-electron chi connectivity index (χ4n) is 1.35. The van der Waals surface area contributed by atoms with Gasteiger partial charge in [-0.05, 0) is 24.3 Å². The highest BCUT2D eigenvalue weighted by molar-refractivity contribution is 6.36. The summed E-state index contributed by atoms with van der Waals surface area (Å²) in [5, 5.41) is 11.0. The van der Waals surface area contributed by atoms with Crippen LogP contribution in [-0.4, -0.2) is 10.7 Å². The van der Waals surface area contributed by atoms with Crippen LogP contribution in [0.3, 0.4) is 0 Å². The van der Waals surface area contributed by atoms with Crippen molar-refractivity contribution in [2.45, 2.75) is 0 Å². The van der Waals surface area contributed by atoms with E-state index in [0.717, 1.165) is 6.07 Å². The van der Waals surface area contributed by atoms with Crippen LogP contribution < -0.4 is 0 Å². The molecule has 0 aliphatic carbocycles. The van der Waals surface area contributed by atoms with Crippen molar-refractivity contribution in [3.8, 4) is 0 Å². The van der Waals surface area contributed by atoms with Crippen LogP contribution in [0.4, 0.5) is 5.88 Å². The van der Waals surface area contributed by atoms with Gasteiger partial charge < -0.3 is 4.42 Å². The van der Waals surface area contributed by atoms with Crippen molar-refractivity contribution in [3.63, 3.8) is 0 Å². The quantitative estimate of drug-likeness (QED) is 0.489. The molecule has 0 N–H and O–H groups in total. The van der Waals surface area contributed by atoms with E-state index in [9.17, 15) is 14.9 Å². The second kappa shape index (κ2) is 4.80. The number of halogens is 2. The third-order valence-corrected chi connectivity index (χ3v) is 2.73. The van der Waals surface area contributed by atoms with Crippen molar-refractivity contribution in [1.29, 1.82) is 0 Å². The Bertz CT molecular complexity index is 636. The summed E-state index contributed by atoms with van der Waals surface area (Å²) in [6, 6.07) is 6.70. The molecule has 0 saturated heterocycles. The summed E-state index contributed by atoms with van der Waals surface area (Å²) in [4.78, 5) is 21.7. The number of hydrogen-bond donors (Lipinski definition) is 0. The first-order valence-electron chi connectivity index (χ1n) is 4.73. The van der Waals surface area contributed by atoms with E-state index in [2.05, 4.69) is 0 Å². The molecule has 1 aromatic heterocycles. The van der Waals surface area contributed by atoms with E-state index >= 15 is 0 Å². The molecular formula is C11H5Cl2NO4. The van der Waals surface area contributed by atoms with E-state index in [0.29, 0.717) is 5.02 Å². The molecule has 0 saturated carbocycles. The van der Waals surface area contributed by atoms with Crippen molar-refractivity contribution in [2.75, 3.05) is 0 Å². The maximum atomic E-state index is 12.0. The van der Waals surface area contributed by atoms with Crippen molar-refractivity contribution >= 4 is 34.9 Å². The summed E-state index contributed by atoms with van der Waals surface area (Å²) in [5.41, 5.74) is 0.133. The molecule has 0 spiro atoms. The average molecular weight is 286 g/mol. The highest BCUT2D eigenvalue weighted by atomic mass is 35.5. The van der Waals surface area contributed by atoms with Gasteiger partial charge in [-0.3, -0.25) is 14.9 Å². The number of furan rings is 1. The van der Waals surface area contributed by atoms with Crippen molar-refractivity contribution in [2.24, 2.45) is 0 Å². The first kappa shape index (κ1) is 12.6. The van der Waals surface area contributed by atoms with Gasteiger partial charge in [0.1, 0.15) is 4.92 Å². The zero-order valence-electron chi connectivity index (χ0n) is 8.72. The number of carbonyl (C=O) groups excluding carboxylic acids is 1. The summed E-state index contributed by atoms with van der Waals surface area (Å²) in [5.74, 6) is -1.22. The van der Waals surface area contributed by atoms with Gasteiger partial charge in [-0.25, -0.2) is 0 Å². The van der Waals surface area contributed by atoms with E-state index in [1.807, 2.05) is 0 Å².